The second-order valence-electron chi connectivity index (χ2n) is 17.0. The molecule has 4 heterocycles. The van der Waals surface area contributed by atoms with Gasteiger partial charge in [0.05, 0.1) is 29.7 Å². The van der Waals surface area contributed by atoms with Gasteiger partial charge in [-0.3, -0.25) is 9.69 Å². The van der Waals surface area contributed by atoms with Gasteiger partial charge in [-0.2, -0.15) is 5.26 Å². The third kappa shape index (κ3) is 6.03. The van der Waals surface area contributed by atoms with Gasteiger partial charge in [-0.1, -0.05) is 26.0 Å². The Morgan fingerprint density at radius 3 is 2.48 bits per heavy atom. The van der Waals surface area contributed by atoms with E-state index in [4.69, 9.17) is 14.0 Å². The van der Waals surface area contributed by atoms with E-state index in [0.717, 1.165) is 18.4 Å². The van der Waals surface area contributed by atoms with Gasteiger partial charge in [-0.25, -0.2) is 18.0 Å². The number of alkyl carbamates (subject to hydrolysis) is 1. The molecule has 270 valence electrons. The molecule has 7 aliphatic rings. The summed E-state index contributed by atoms with van der Waals surface area (Å²) in [5.41, 5.74) is -1.36. The van der Waals surface area contributed by atoms with E-state index >= 15 is 0 Å². The number of ether oxygens (including phenoxy) is 1. The van der Waals surface area contributed by atoms with E-state index in [1.54, 1.807) is 35.8 Å². The van der Waals surface area contributed by atoms with Gasteiger partial charge in [0.1, 0.15) is 24.1 Å². The summed E-state index contributed by atoms with van der Waals surface area (Å²) in [5.74, 6) is -3.36. The Morgan fingerprint density at radius 2 is 1.86 bits per heavy atom. The highest BCUT2D eigenvalue weighted by Gasteiger charge is 2.68. The number of hydrogen-bond donors (Lipinski definition) is 1. The van der Waals surface area contributed by atoms with E-state index in [1.807, 2.05) is 6.07 Å². The lowest BCUT2D eigenvalue weighted by Gasteiger charge is -2.64. The fraction of sp³-hybridized carbons (Fsp3) is 0.703. The number of rotatable bonds is 9. The Kier molecular flexibility index (Phi) is 8.67. The predicted octanol–water partition coefficient (Wildman–Crippen LogP) is 5.82. The predicted molar refractivity (Wildman–Crippen MR) is 179 cm³/mol. The Bertz CT molecular complexity index is 1590. The number of carbonyl (C=O) groups is 2. The number of benzene rings is 1. The van der Waals surface area contributed by atoms with Gasteiger partial charge < -0.3 is 24.3 Å². The molecule has 50 heavy (non-hydrogen) atoms. The monoisotopic (exact) mass is 696 g/mol. The van der Waals surface area contributed by atoms with Gasteiger partial charge in [-0.15, -0.1) is 0 Å². The lowest BCUT2D eigenvalue weighted by Crippen LogP contribution is -2.65. The topological polar surface area (TPSA) is 104 Å². The fourth-order valence-electron chi connectivity index (χ4n) is 10.1. The summed E-state index contributed by atoms with van der Waals surface area (Å²) in [6.45, 7) is 9.83. The highest BCUT2D eigenvalue weighted by molar-refractivity contribution is 6.48. The van der Waals surface area contributed by atoms with E-state index in [0.29, 0.717) is 43.9 Å². The molecule has 1 aromatic rings. The van der Waals surface area contributed by atoms with Crippen LogP contribution in [0.4, 0.5) is 18.0 Å². The van der Waals surface area contributed by atoms with Crippen molar-refractivity contribution in [1.29, 1.82) is 5.26 Å². The van der Waals surface area contributed by atoms with Crippen LogP contribution in [0.15, 0.2) is 35.9 Å². The van der Waals surface area contributed by atoms with Crippen molar-refractivity contribution in [3.63, 3.8) is 0 Å². The third-order valence-electron chi connectivity index (χ3n) is 13.3. The van der Waals surface area contributed by atoms with Crippen molar-refractivity contribution in [2.24, 2.45) is 17.3 Å². The molecule has 3 aliphatic carbocycles. The molecule has 13 heteroatoms. The Labute approximate surface area is 293 Å². The first-order chi connectivity index (χ1) is 23.5. The smallest absolute Gasteiger partial charge is 0.447 e. The van der Waals surface area contributed by atoms with Gasteiger partial charge >= 0.3 is 13.2 Å². The highest BCUT2D eigenvalue weighted by atomic mass is 19.3. The lowest BCUT2D eigenvalue weighted by atomic mass is 9.43. The average Bonchev–Trinajstić information content (AvgIpc) is 3.82. The summed E-state index contributed by atoms with van der Waals surface area (Å²) in [6.07, 6.45) is 5.41. The highest BCUT2D eigenvalue weighted by Crippen LogP contribution is 2.65. The molecule has 3 saturated carbocycles. The number of halogens is 3. The molecule has 0 spiro atoms. The molecule has 1 N–H and O–H groups in total. The number of likely N-dealkylation sites (tertiary alicyclic amines) is 1. The molecule has 0 aromatic heterocycles. The minimum atomic E-state index is -2.81. The zero-order valence-electron chi connectivity index (χ0n) is 29.6. The molecule has 2 amide bonds. The molecule has 9 nitrogen and oxygen atoms in total. The molecule has 0 unspecified atom stereocenters. The molecular weight excluding hydrogens is 648 g/mol. The van der Waals surface area contributed by atoms with Crippen LogP contribution in [-0.2, 0) is 25.3 Å². The summed E-state index contributed by atoms with van der Waals surface area (Å²) in [4.78, 5) is 30.8. The number of carbonyl (C=O) groups excluding carboxylic acids is 2. The Balaban J connectivity index is 1.05. The molecule has 7 fully saturated rings. The summed E-state index contributed by atoms with van der Waals surface area (Å²) in [6, 6.07) is 8.05. The number of hydrogen-bond acceptors (Lipinski definition) is 7. The van der Waals surface area contributed by atoms with Crippen LogP contribution in [0.5, 0.6) is 0 Å². The van der Waals surface area contributed by atoms with Crippen LogP contribution < -0.4 is 5.32 Å². The summed E-state index contributed by atoms with van der Waals surface area (Å²) in [7, 11) is -0.737. The maximum atomic E-state index is 14.0. The first-order valence-electron chi connectivity index (χ1n) is 18.1. The summed E-state index contributed by atoms with van der Waals surface area (Å²) in [5, 5.41) is 13.1. The lowest BCUT2D eigenvalue weighted by molar-refractivity contribution is -0.199. The number of nitriles is 1. The van der Waals surface area contributed by atoms with Gasteiger partial charge in [0.2, 0.25) is 0 Å². The molecule has 0 radical (unpaired) electrons. The molecule has 4 bridgehead atoms. The van der Waals surface area contributed by atoms with Crippen LogP contribution in [-0.4, -0.2) is 89.3 Å². The fourth-order valence-corrected chi connectivity index (χ4v) is 10.1. The number of fused-ring (bicyclic) bond motifs is 2. The van der Waals surface area contributed by atoms with Gasteiger partial charge in [0.25, 0.3) is 11.8 Å². The number of nitrogens with zero attached hydrogens (tertiary/aromatic N) is 3. The summed E-state index contributed by atoms with van der Waals surface area (Å²) >= 11 is 0. The first-order valence-corrected chi connectivity index (χ1v) is 18.1. The van der Waals surface area contributed by atoms with Crippen molar-refractivity contribution in [1.82, 2.24) is 15.1 Å². The number of alkyl halides is 2. The normalized spacial score (nSPS) is 34.6. The SMILES string of the molecule is CC1(C)[C@@H]2C[C@H]3OB([C@H](Cc4ccc(F)cc4)NC(=O)OCC45CCC(CC4)N5C(=O)C(C#N)=CC(C)(C)N4CCC(F)(F)C4)O[C@@]3(C)[C@H]1C2. The van der Waals surface area contributed by atoms with Crippen LogP contribution in [0.1, 0.15) is 85.1 Å². The minimum absolute atomic E-state index is 0.0601. The largest absolute Gasteiger partial charge is 0.482 e. The quantitative estimate of drug-likeness (QED) is 0.197. The molecule has 4 aliphatic heterocycles. The van der Waals surface area contributed by atoms with Crippen LogP contribution >= 0.6 is 0 Å². The van der Waals surface area contributed by atoms with E-state index in [1.165, 1.54) is 18.2 Å². The Morgan fingerprint density at radius 1 is 1.16 bits per heavy atom. The maximum Gasteiger partial charge on any atom is 0.482 e. The maximum absolute atomic E-state index is 14.0. The zero-order valence-corrected chi connectivity index (χ0v) is 29.6. The van der Waals surface area contributed by atoms with Crippen LogP contribution in [0.3, 0.4) is 0 Å². The third-order valence-corrected chi connectivity index (χ3v) is 13.3. The minimum Gasteiger partial charge on any atom is -0.447 e. The molecule has 8 rings (SSSR count). The molecule has 5 atom stereocenters. The number of amides is 2. The van der Waals surface area contributed by atoms with Crippen molar-refractivity contribution in [3.8, 4) is 6.07 Å². The van der Waals surface area contributed by atoms with Gasteiger partial charge in [-0.05, 0) is 107 Å². The van der Waals surface area contributed by atoms with Crippen molar-refractivity contribution < 1.29 is 36.8 Å². The van der Waals surface area contributed by atoms with Crippen LogP contribution in [0.25, 0.3) is 0 Å². The number of nitrogens with one attached hydrogen (secondary N) is 1. The van der Waals surface area contributed by atoms with Crippen molar-refractivity contribution in [3.05, 3.63) is 47.3 Å². The Hall–Kier alpha value is -3.08. The van der Waals surface area contributed by atoms with Crippen molar-refractivity contribution in [2.45, 2.75) is 127 Å². The first kappa shape index (κ1) is 35.3. The van der Waals surface area contributed by atoms with E-state index < -0.39 is 54.2 Å². The van der Waals surface area contributed by atoms with E-state index in [-0.39, 0.29) is 48.5 Å². The van der Waals surface area contributed by atoms with Crippen LogP contribution in [0.2, 0.25) is 0 Å². The van der Waals surface area contributed by atoms with Crippen molar-refractivity contribution >= 4 is 19.1 Å². The van der Waals surface area contributed by atoms with E-state index in [9.17, 15) is 28.0 Å². The second kappa shape index (κ2) is 12.3. The molecule has 4 saturated heterocycles. The summed E-state index contributed by atoms with van der Waals surface area (Å²) < 4.78 is 60.9. The van der Waals surface area contributed by atoms with Crippen molar-refractivity contribution in [2.75, 3.05) is 19.7 Å². The van der Waals surface area contributed by atoms with Crippen LogP contribution in [0, 0.1) is 34.4 Å². The molecule has 1 aromatic carbocycles. The van der Waals surface area contributed by atoms with Gasteiger partial charge in [0.15, 0.2) is 0 Å². The standard InChI is InChI=1S/C37H48BF3N4O5/c1-33(2,44-15-14-37(40,41)21-44)19-24(20-42)31(46)45-27-10-12-36(45,13-11-27)22-48-32(47)43-30(16-23-6-8-26(39)9-7-23)38-49-29-18-25-17-28(34(25,3)4)35(29,5)50-38/h6-9,19,25,27-30H,10-18,21-22H2,1-5H3,(H,43,47)/t25-,27?,28-,29+,30-,35-,36?/m0/s1. The van der Waals surface area contributed by atoms with Gasteiger partial charge in [0, 0.05) is 24.5 Å². The molecular formula is C37H48BF3N4O5. The average molecular weight is 697 g/mol. The van der Waals surface area contributed by atoms with E-state index in [2.05, 4.69) is 26.1 Å². The second-order valence-corrected chi connectivity index (χ2v) is 17.0. The zero-order chi connectivity index (χ0) is 35.9.